The first-order chi connectivity index (χ1) is 14.5. The number of nitrogens with zero attached hydrogens (tertiary/aromatic N) is 4. The number of rotatable bonds is 9. The van der Waals surface area contributed by atoms with Crippen LogP contribution in [0.4, 0.5) is 5.13 Å². The van der Waals surface area contributed by atoms with Gasteiger partial charge in [0.05, 0.1) is 6.04 Å². The first-order valence-corrected chi connectivity index (χ1v) is 11.6. The minimum atomic E-state index is -4.75. The number of carbonyl (C=O) groups excluding carboxylic acids is 2. The number of nitrogen functional groups attached to an aromatic ring is 1. The Balaban J connectivity index is 0.000000592. The van der Waals surface area contributed by atoms with Crippen molar-refractivity contribution in [1.29, 1.82) is 0 Å². The zero-order valence-electron chi connectivity index (χ0n) is 17.8. The smallest absolute Gasteiger partial charge is 0.362 e. The fourth-order valence-electron chi connectivity index (χ4n) is 2.70. The number of β-lactam (4-membered cyclic amide) rings is 1. The van der Waals surface area contributed by atoms with Gasteiger partial charge < -0.3 is 20.8 Å². The van der Waals surface area contributed by atoms with Crippen molar-refractivity contribution < 1.29 is 27.4 Å². The molecule has 14 heteroatoms. The number of aromatic nitrogens is 1. The predicted molar refractivity (Wildman–Crippen MR) is 118 cm³/mol. The molecule has 0 spiro atoms. The molecule has 1 aliphatic rings. The van der Waals surface area contributed by atoms with Crippen LogP contribution < -0.4 is 11.1 Å². The average molecular weight is 477 g/mol. The Hall–Kier alpha value is -2.55. The molecule has 0 saturated carbocycles. The van der Waals surface area contributed by atoms with E-state index in [0.717, 1.165) is 17.4 Å². The molecule has 2 atom stereocenters. The number of hydrogen-bond donors (Lipinski definition) is 3. The van der Waals surface area contributed by atoms with E-state index < -0.39 is 34.2 Å². The molecule has 1 aromatic rings. The van der Waals surface area contributed by atoms with Crippen LogP contribution in [-0.4, -0.2) is 83.5 Å². The third-order valence-electron chi connectivity index (χ3n) is 4.38. The van der Waals surface area contributed by atoms with Gasteiger partial charge >= 0.3 is 10.3 Å². The SMILES string of the molecule is C=C[C@H]1[C@H](NC(=O)/C(=N\OC)c2csc(N)n2)C(=O)N1S(=O)(=O)O.CCN(CC)CC. The van der Waals surface area contributed by atoms with Crippen molar-refractivity contribution in [2.45, 2.75) is 32.9 Å². The summed E-state index contributed by atoms with van der Waals surface area (Å²) in [6, 6.07) is -2.35. The maximum absolute atomic E-state index is 12.3. The molecule has 0 unspecified atom stereocenters. The summed E-state index contributed by atoms with van der Waals surface area (Å²) in [7, 11) is -3.53. The highest BCUT2D eigenvalue weighted by atomic mass is 32.2. The molecule has 1 fully saturated rings. The highest BCUT2D eigenvalue weighted by Gasteiger charge is 2.52. The molecule has 174 valence electrons. The summed E-state index contributed by atoms with van der Waals surface area (Å²) in [6.45, 7) is 13.5. The molecule has 1 aliphatic heterocycles. The molecule has 2 amide bonds. The van der Waals surface area contributed by atoms with Gasteiger partial charge in [0, 0.05) is 5.38 Å². The van der Waals surface area contributed by atoms with Crippen LogP contribution in [0.15, 0.2) is 23.2 Å². The third kappa shape index (κ3) is 6.72. The van der Waals surface area contributed by atoms with Crippen molar-refractivity contribution >= 4 is 44.3 Å². The van der Waals surface area contributed by atoms with Crippen molar-refractivity contribution in [2.24, 2.45) is 5.16 Å². The lowest BCUT2D eigenvalue weighted by Crippen LogP contribution is -2.71. The molecular formula is C17H28N6O6S2. The van der Waals surface area contributed by atoms with E-state index in [-0.39, 0.29) is 20.8 Å². The lowest BCUT2D eigenvalue weighted by Gasteiger charge is -2.42. The Bertz CT molecular complexity index is 906. The van der Waals surface area contributed by atoms with E-state index in [1.807, 2.05) is 0 Å². The van der Waals surface area contributed by atoms with Crippen molar-refractivity contribution in [3.63, 3.8) is 0 Å². The van der Waals surface area contributed by atoms with Crippen LogP contribution in [-0.2, 0) is 24.7 Å². The highest BCUT2D eigenvalue weighted by molar-refractivity contribution is 7.84. The molecule has 2 rings (SSSR count). The second-order valence-electron chi connectivity index (χ2n) is 6.10. The minimum absolute atomic E-state index is 0.130. The maximum atomic E-state index is 12.3. The van der Waals surface area contributed by atoms with Crippen molar-refractivity contribution in [2.75, 3.05) is 32.5 Å². The third-order valence-corrected chi connectivity index (χ3v) is 5.97. The van der Waals surface area contributed by atoms with Crippen LogP contribution >= 0.6 is 11.3 Å². The van der Waals surface area contributed by atoms with E-state index >= 15 is 0 Å². The number of oxime groups is 1. The van der Waals surface area contributed by atoms with Gasteiger partial charge in [-0.2, -0.15) is 8.42 Å². The van der Waals surface area contributed by atoms with E-state index in [0.29, 0.717) is 0 Å². The molecule has 31 heavy (non-hydrogen) atoms. The van der Waals surface area contributed by atoms with Gasteiger partial charge in [0.15, 0.2) is 10.8 Å². The van der Waals surface area contributed by atoms with Gasteiger partial charge in [-0.05, 0) is 19.6 Å². The second-order valence-corrected chi connectivity index (χ2v) is 8.28. The molecule has 0 bridgehead atoms. The van der Waals surface area contributed by atoms with Gasteiger partial charge in [-0.25, -0.2) is 9.29 Å². The van der Waals surface area contributed by atoms with E-state index in [4.69, 9.17) is 10.3 Å². The van der Waals surface area contributed by atoms with E-state index in [1.54, 1.807) is 0 Å². The van der Waals surface area contributed by atoms with Gasteiger partial charge in [0.1, 0.15) is 18.8 Å². The van der Waals surface area contributed by atoms with Crippen LogP contribution in [0, 0.1) is 0 Å². The lowest BCUT2D eigenvalue weighted by atomic mass is 9.98. The summed E-state index contributed by atoms with van der Waals surface area (Å²) in [5, 5.41) is 7.50. The number of thiazole rings is 1. The van der Waals surface area contributed by atoms with Crippen LogP contribution in [0.25, 0.3) is 0 Å². The van der Waals surface area contributed by atoms with Gasteiger partial charge in [-0.15, -0.1) is 17.9 Å². The summed E-state index contributed by atoms with van der Waals surface area (Å²) in [5.41, 5.74) is 5.38. The quantitative estimate of drug-likeness (QED) is 0.147. The summed E-state index contributed by atoms with van der Waals surface area (Å²) >= 11 is 1.07. The van der Waals surface area contributed by atoms with E-state index in [9.17, 15) is 18.0 Å². The number of nitrogens with two attached hydrogens (primary N) is 1. The molecule has 0 radical (unpaired) electrons. The van der Waals surface area contributed by atoms with E-state index in [2.05, 4.69) is 52.5 Å². The zero-order chi connectivity index (χ0) is 23.8. The van der Waals surface area contributed by atoms with Crippen molar-refractivity contribution in [3.8, 4) is 0 Å². The fraction of sp³-hybridized carbons (Fsp3) is 0.529. The predicted octanol–water partition coefficient (Wildman–Crippen LogP) is 0.108. The molecule has 1 saturated heterocycles. The summed E-state index contributed by atoms with van der Waals surface area (Å²) < 4.78 is 31.4. The zero-order valence-corrected chi connectivity index (χ0v) is 19.4. The largest absolute Gasteiger partial charge is 0.398 e. The van der Waals surface area contributed by atoms with Crippen molar-refractivity contribution in [1.82, 2.24) is 19.5 Å². The molecule has 2 heterocycles. The Kier molecular flexibility index (Phi) is 10.0. The van der Waals surface area contributed by atoms with E-state index in [1.165, 1.54) is 32.1 Å². The maximum Gasteiger partial charge on any atom is 0.362 e. The van der Waals surface area contributed by atoms with Gasteiger partial charge in [-0.1, -0.05) is 32.0 Å². The Morgan fingerprint density at radius 1 is 1.45 bits per heavy atom. The number of hydrogen-bond acceptors (Lipinski definition) is 10. The summed E-state index contributed by atoms with van der Waals surface area (Å²) in [5.74, 6) is -1.84. The average Bonchev–Trinajstić information content (AvgIpc) is 3.14. The monoisotopic (exact) mass is 476 g/mol. The summed E-state index contributed by atoms with van der Waals surface area (Å²) in [6.07, 6.45) is 1.11. The Morgan fingerprint density at radius 2 is 2.03 bits per heavy atom. The molecule has 4 N–H and O–H groups in total. The molecule has 0 aliphatic carbocycles. The topological polar surface area (TPSA) is 168 Å². The fourth-order valence-corrected chi connectivity index (χ4v) is 4.11. The molecular weight excluding hydrogens is 448 g/mol. The highest BCUT2D eigenvalue weighted by Crippen LogP contribution is 2.24. The van der Waals surface area contributed by atoms with Crippen LogP contribution in [0.2, 0.25) is 0 Å². The van der Waals surface area contributed by atoms with Crippen LogP contribution in [0.5, 0.6) is 0 Å². The normalized spacial score (nSPS) is 18.7. The Morgan fingerprint density at radius 3 is 2.39 bits per heavy atom. The number of anilines is 1. The van der Waals surface area contributed by atoms with Gasteiger partial charge in [0.25, 0.3) is 11.8 Å². The van der Waals surface area contributed by atoms with Gasteiger partial charge in [-0.3, -0.25) is 14.1 Å². The molecule has 0 aromatic carbocycles. The standard InChI is InChI=1S/C11H13N5O6S2.C6H15N/c1-3-6-8(10(18)16(6)24(19,20)21)14-9(17)7(15-22-2)5-4-23-11(12)13-5;1-4-7(5-2)6-3/h3-4,6,8H,1H2,2H3,(H2,12,13)(H,14,17)(H,19,20,21);4-6H2,1-3H3/b15-7-;/t6-,8-;/m0./s1. The lowest BCUT2D eigenvalue weighted by molar-refractivity contribution is -0.142. The first kappa shape index (κ1) is 26.5. The Labute approximate surface area is 185 Å². The van der Waals surface area contributed by atoms with Gasteiger partial charge in [0.2, 0.25) is 0 Å². The summed E-state index contributed by atoms with van der Waals surface area (Å²) in [4.78, 5) is 35.0. The van der Waals surface area contributed by atoms with Crippen LogP contribution in [0.3, 0.4) is 0 Å². The van der Waals surface area contributed by atoms with Crippen molar-refractivity contribution in [3.05, 3.63) is 23.7 Å². The number of nitrogens with one attached hydrogen (secondary N) is 1. The number of amides is 2. The molecule has 12 nitrogen and oxygen atoms in total. The number of carbonyl (C=O) groups is 2. The van der Waals surface area contributed by atoms with Crippen LogP contribution in [0.1, 0.15) is 26.5 Å². The first-order valence-electron chi connectivity index (χ1n) is 9.34. The minimum Gasteiger partial charge on any atom is -0.398 e. The molecule has 1 aromatic heterocycles. The second kappa shape index (κ2) is 11.7.